The molecule has 0 heterocycles. The average molecular weight is 292 g/mol. The molecule has 5 heteroatoms. The number of benzene rings is 1. The number of halogens is 1. The maximum absolute atomic E-state index is 11.3. The molecule has 0 bridgehead atoms. The molecule has 0 amide bonds. The number of nitrogens with two attached hydrogens (primary N) is 1. The van der Waals surface area contributed by atoms with E-state index in [1.807, 2.05) is 6.92 Å². The molecule has 0 saturated carbocycles. The molecule has 0 aliphatic heterocycles. The van der Waals surface area contributed by atoms with E-state index in [1.54, 1.807) is 18.2 Å². The van der Waals surface area contributed by atoms with Crippen molar-refractivity contribution in [3.8, 4) is 0 Å². The highest BCUT2D eigenvalue weighted by atomic mass is 79.9. The molecule has 0 radical (unpaired) electrons. The van der Waals surface area contributed by atoms with Crippen LogP contribution >= 0.6 is 15.9 Å². The van der Waals surface area contributed by atoms with Crippen LogP contribution in [-0.2, 0) is 16.3 Å². The average Bonchev–Trinajstić information content (AvgIpc) is 1.99. The van der Waals surface area contributed by atoms with E-state index in [0.29, 0.717) is 9.37 Å². The highest BCUT2D eigenvalue weighted by Crippen LogP contribution is 2.23. The van der Waals surface area contributed by atoms with E-state index in [0.717, 1.165) is 12.0 Å². The summed E-state index contributed by atoms with van der Waals surface area (Å²) in [6.45, 7) is 1.92. The van der Waals surface area contributed by atoms with Crippen LogP contribution in [0.25, 0.3) is 0 Å². The molecule has 0 fully saturated rings. The van der Waals surface area contributed by atoms with Gasteiger partial charge in [0.05, 0.1) is 4.90 Å². The molecule has 1 atom stereocenters. The van der Waals surface area contributed by atoms with Crippen LogP contribution in [0.4, 0.5) is 0 Å². The van der Waals surface area contributed by atoms with Gasteiger partial charge in [0.1, 0.15) is 0 Å². The zero-order valence-electron chi connectivity index (χ0n) is 8.70. The van der Waals surface area contributed by atoms with Crippen molar-refractivity contribution in [1.29, 1.82) is 0 Å². The lowest BCUT2D eigenvalue weighted by Gasteiger charge is -2.08. The fraction of sp³-hybridized carbons (Fsp3) is 0.400. The molecule has 1 unspecified atom stereocenters. The molecule has 0 aliphatic carbocycles. The topological polar surface area (TPSA) is 60.2 Å². The molecular weight excluding hydrogens is 278 g/mol. The SMILES string of the molecule is CC(N)Cc1ccc(S(C)(=O)=O)c(Br)c1. The highest BCUT2D eigenvalue weighted by Gasteiger charge is 2.12. The van der Waals surface area contributed by atoms with Gasteiger partial charge in [-0.1, -0.05) is 6.07 Å². The first kappa shape index (κ1) is 12.7. The summed E-state index contributed by atoms with van der Waals surface area (Å²) in [6, 6.07) is 5.28. The lowest BCUT2D eigenvalue weighted by molar-refractivity contribution is 0.601. The Kier molecular flexibility index (Phi) is 3.92. The van der Waals surface area contributed by atoms with Gasteiger partial charge < -0.3 is 5.73 Å². The molecule has 1 aromatic rings. The van der Waals surface area contributed by atoms with Crippen LogP contribution in [0.3, 0.4) is 0 Å². The fourth-order valence-corrected chi connectivity index (χ4v) is 3.38. The van der Waals surface area contributed by atoms with Crippen LogP contribution in [0.15, 0.2) is 27.6 Å². The van der Waals surface area contributed by atoms with Gasteiger partial charge in [-0.25, -0.2) is 8.42 Å². The number of rotatable bonds is 3. The molecule has 84 valence electrons. The lowest BCUT2D eigenvalue weighted by Crippen LogP contribution is -2.17. The van der Waals surface area contributed by atoms with E-state index in [4.69, 9.17) is 5.73 Å². The second kappa shape index (κ2) is 4.63. The molecule has 2 N–H and O–H groups in total. The van der Waals surface area contributed by atoms with Gasteiger partial charge in [-0.05, 0) is 47.0 Å². The van der Waals surface area contributed by atoms with Crippen molar-refractivity contribution in [2.24, 2.45) is 5.73 Å². The van der Waals surface area contributed by atoms with Crippen molar-refractivity contribution in [2.75, 3.05) is 6.26 Å². The maximum Gasteiger partial charge on any atom is 0.176 e. The van der Waals surface area contributed by atoms with Gasteiger partial charge in [-0.2, -0.15) is 0 Å². The maximum atomic E-state index is 11.3. The first-order chi connectivity index (χ1) is 6.80. The summed E-state index contributed by atoms with van der Waals surface area (Å²) in [5.41, 5.74) is 6.70. The van der Waals surface area contributed by atoms with Gasteiger partial charge in [-0.15, -0.1) is 0 Å². The van der Waals surface area contributed by atoms with Crippen molar-refractivity contribution < 1.29 is 8.42 Å². The third kappa shape index (κ3) is 3.59. The zero-order chi connectivity index (χ0) is 11.6. The van der Waals surface area contributed by atoms with Crippen LogP contribution in [0, 0.1) is 0 Å². The van der Waals surface area contributed by atoms with E-state index in [-0.39, 0.29) is 6.04 Å². The summed E-state index contributed by atoms with van der Waals surface area (Å²) >= 11 is 3.25. The van der Waals surface area contributed by atoms with Crippen molar-refractivity contribution in [1.82, 2.24) is 0 Å². The Labute approximate surface area is 98.7 Å². The quantitative estimate of drug-likeness (QED) is 0.923. The normalized spacial score (nSPS) is 13.9. The molecule has 0 aromatic heterocycles. The highest BCUT2D eigenvalue weighted by molar-refractivity contribution is 9.10. The van der Waals surface area contributed by atoms with Crippen molar-refractivity contribution >= 4 is 25.8 Å². The van der Waals surface area contributed by atoms with Crippen LogP contribution in [0.2, 0.25) is 0 Å². The van der Waals surface area contributed by atoms with Gasteiger partial charge in [-0.3, -0.25) is 0 Å². The molecule has 3 nitrogen and oxygen atoms in total. The summed E-state index contributed by atoms with van der Waals surface area (Å²) in [5.74, 6) is 0. The molecule has 1 aromatic carbocycles. The Hall–Kier alpha value is -0.390. The van der Waals surface area contributed by atoms with Crippen molar-refractivity contribution in [3.05, 3.63) is 28.2 Å². The van der Waals surface area contributed by atoms with Gasteiger partial charge >= 0.3 is 0 Å². The predicted octanol–water partition coefficient (Wildman–Crippen LogP) is 1.74. The van der Waals surface area contributed by atoms with E-state index >= 15 is 0 Å². The van der Waals surface area contributed by atoms with Crippen LogP contribution < -0.4 is 5.73 Å². The Balaban J connectivity index is 3.09. The van der Waals surface area contributed by atoms with E-state index in [9.17, 15) is 8.42 Å². The summed E-state index contributed by atoms with van der Waals surface area (Å²) < 4.78 is 23.3. The van der Waals surface area contributed by atoms with Crippen LogP contribution in [-0.4, -0.2) is 20.7 Å². The zero-order valence-corrected chi connectivity index (χ0v) is 11.1. The largest absolute Gasteiger partial charge is 0.328 e. The minimum atomic E-state index is -3.16. The second-order valence-electron chi connectivity index (χ2n) is 3.72. The Bertz CT molecular complexity index is 454. The fourth-order valence-electron chi connectivity index (χ4n) is 1.34. The Morgan fingerprint density at radius 3 is 2.47 bits per heavy atom. The smallest absolute Gasteiger partial charge is 0.176 e. The lowest BCUT2D eigenvalue weighted by atomic mass is 10.1. The third-order valence-electron chi connectivity index (χ3n) is 1.95. The molecule has 0 spiro atoms. The predicted molar refractivity (Wildman–Crippen MR) is 64.6 cm³/mol. The van der Waals surface area contributed by atoms with Gasteiger partial charge in [0.25, 0.3) is 0 Å². The Morgan fingerprint density at radius 1 is 1.47 bits per heavy atom. The van der Waals surface area contributed by atoms with E-state index in [2.05, 4.69) is 15.9 Å². The monoisotopic (exact) mass is 291 g/mol. The van der Waals surface area contributed by atoms with Crippen molar-refractivity contribution in [3.63, 3.8) is 0 Å². The van der Waals surface area contributed by atoms with E-state index in [1.165, 1.54) is 6.26 Å². The van der Waals surface area contributed by atoms with Gasteiger partial charge in [0.2, 0.25) is 0 Å². The van der Waals surface area contributed by atoms with Crippen LogP contribution in [0.5, 0.6) is 0 Å². The second-order valence-corrected chi connectivity index (χ2v) is 6.56. The minimum Gasteiger partial charge on any atom is -0.328 e. The van der Waals surface area contributed by atoms with Gasteiger partial charge in [0.15, 0.2) is 9.84 Å². The standard InChI is InChI=1S/C10H14BrNO2S/c1-7(12)5-8-3-4-10(9(11)6-8)15(2,13)14/h3-4,6-7H,5,12H2,1-2H3. The van der Waals surface area contributed by atoms with E-state index < -0.39 is 9.84 Å². The molecule has 1 rings (SSSR count). The summed E-state index contributed by atoms with van der Waals surface area (Å²) in [4.78, 5) is 0.316. The minimum absolute atomic E-state index is 0.0704. The first-order valence-corrected chi connectivity index (χ1v) is 7.23. The number of sulfone groups is 1. The summed E-state index contributed by atoms with van der Waals surface area (Å²) in [7, 11) is -3.16. The molecule has 0 aliphatic rings. The first-order valence-electron chi connectivity index (χ1n) is 4.55. The summed E-state index contributed by atoms with van der Waals surface area (Å²) in [5, 5.41) is 0. The third-order valence-corrected chi connectivity index (χ3v) is 4.03. The molecular formula is C10H14BrNO2S. The van der Waals surface area contributed by atoms with Crippen LogP contribution in [0.1, 0.15) is 12.5 Å². The Morgan fingerprint density at radius 2 is 2.07 bits per heavy atom. The number of hydrogen-bond donors (Lipinski definition) is 1. The summed E-state index contributed by atoms with van der Waals surface area (Å²) in [6.07, 6.45) is 1.93. The molecule has 0 saturated heterocycles. The van der Waals surface area contributed by atoms with Gasteiger partial charge in [0, 0.05) is 16.8 Å². The molecule has 15 heavy (non-hydrogen) atoms. The van der Waals surface area contributed by atoms with Crippen molar-refractivity contribution in [2.45, 2.75) is 24.3 Å². The number of hydrogen-bond acceptors (Lipinski definition) is 3.